The van der Waals surface area contributed by atoms with Crippen molar-refractivity contribution in [2.24, 2.45) is 0 Å². The number of anilines is 2. The number of nitrogens with two attached hydrogens (primary N) is 1. The molecule has 2 rings (SSSR count). The fourth-order valence-electron chi connectivity index (χ4n) is 2.13. The van der Waals surface area contributed by atoms with E-state index < -0.39 is 5.60 Å². The molecule has 0 bridgehead atoms. The Bertz CT molecular complexity index is 564. The third kappa shape index (κ3) is 2.79. The predicted octanol–water partition coefficient (Wildman–Crippen LogP) is 2.78. The quantitative estimate of drug-likeness (QED) is 0.722. The lowest BCUT2D eigenvalue weighted by atomic mass is 9.97. The van der Waals surface area contributed by atoms with Gasteiger partial charge in [-0.25, -0.2) is 0 Å². The van der Waals surface area contributed by atoms with Crippen molar-refractivity contribution in [2.75, 3.05) is 17.6 Å². The van der Waals surface area contributed by atoms with Gasteiger partial charge in [-0.3, -0.25) is 4.98 Å². The Morgan fingerprint density at radius 1 is 1.21 bits per heavy atom. The fraction of sp³-hybridized carbons (Fsp3) is 0.400. The van der Waals surface area contributed by atoms with Crippen LogP contribution >= 0.6 is 0 Å². The Labute approximate surface area is 113 Å². The second-order valence-electron chi connectivity index (χ2n) is 4.91. The molecule has 4 heteroatoms. The monoisotopic (exact) mass is 259 g/mol. The molecule has 19 heavy (non-hydrogen) atoms. The van der Waals surface area contributed by atoms with E-state index in [0.717, 1.165) is 35.0 Å². The molecule has 0 radical (unpaired) electrons. The largest absolute Gasteiger partial charge is 0.398 e. The molecule has 4 N–H and O–H groups in total. The second kappa shape index (κ2) is 5.45. The maximum Gasteiger partial charge on any atom is 0.0814 e. The van der Waals surface area contributed by atoms with Gasteiger partial charge in [0.2, 0.25) is 0 Å². The van der Waals surface area contributed by atoms with Gasteiger partial charge in [-0.1, -0.05) is 13.8 Å². The number of nitrogen functional groups attached to an aromatic ring is 1. The zero-order valence-corrected chi connectivity index (χ0v) is 11.5. The standard InChI is InChI=1S/C15H21N3O/c1-3-15(19,4-2)10-18-14-6-5-13(16)12-9-17-8-7-11(12)14/h5-9,18-19H,3-4,10,16H2,1-2H3. The minimum Gasteiger partial charge on any atom is -0.398 e. The van der Waals surface area contributed by atoms with E-state index in [1.807, 2.05) is 32.0 Å². The predicted molar refractivity (Wildman–Crippen MR) is 80.2 cm³/mol. The molecule has 0 aliphatic heterocycles. The summed E-state index contributed by atoms with van der Waals surface area (Å²) < 4.78 is 0. The van der Waals surface area contributed by atoms with Gasteiger partial charge in [-0.2, -0.15) is 0 Å². The van der Waals surface area contributed by atoms with E-state index in [9.17, 15) is 5.11 Å². The van der Waals surface area contributed by atoms with Crippen LogP contribution in [0.1, 0.15) is 26.7 Å². The van der Waals surface area contributed by atoms with Gasteiger partial charge >= 0.3 is 0 Å². The first-order valence-electron chi connectivity index (χ1n) is 6.68. The summed E-state index contributed by atoms with van der Waals surface area (Å²) in [6.07, 6.45) is 4.97. The van der Waals surface area contributed by atoms with E-state index in [0.29, 0.717) is 6.54 Å². The maximum atomic E-state index is 10.3. The first-order valence-corrected chi connectivity index (χ1v) is 6.68. The number of nitrogens with one attached hydrogen (secondary N) is 1. The van der Waals surface area contributed by atoms with Gasteiger partial charge < -0.3 is 16.2 Å². The smallest absolute Gasteiger partial charge is 0.0814 e. The molecular formula is C15H21N3O. The Morgan fingerprint density at radius 3 is 2.63 bits per heavy atom. The van der Waals surface area contributed by atoms with Gasteiger partial charge in [0.1, 0.15) is 0 Å². The van der Waals surface area contributed by atoms with Crippen molar-refractivity contribution in [3.8, 4) is 0 Å². The number of pyridine rings is 1. The van der Waals surface area contributed by atoms with Gasteiger partial charge in [0.15, 0.2) is 0 Å². The molecule has 0 fully saturated rings. The molecule has 0 aliphatic rings. The molecule has 0 aliphatic carbocycles. The van der Waals surface area contributed by atoms with E-state index in [1.54, 1.807) is 12.4 Å². The normalized spacial score (nSPS) is 11.7. The number of hydrogen-bond donors (Lipinski definition) is 3. The molecular weight excluding hydrogens is 238 g/mol. The summed E-state index contributed by atoms with van der Waals surface area (Å²) in [5, 5.41) is 15.6. The molecule has 1 heterocycles. The highest BCUT2D eigenvalue weighted by Gasteiger charge is 2.21. The first kappa shape index (κ1) is 13.6. The van der Waals surface area contributed by atoms with Crippen molar-refractivity contribution in [1.82, 2.24) is 4.98 Å². The summed E-state index contributed by atoms with van der Waals surface area (Å²) in [6, 6.07) is 5.75. The van der Waals surface area contributed by atoms with E-state index in [-0.39, 0.29) is 0 Å². The third-order valence-corrected chi connectivity index (χ3v) is 3.78. The maximum absolute atomic E-state index is 10.3. The van der Waals surface area contributed by atoms with E-state index in [1.165, 1.54) is 0 Å². The van der Waals surface area contributed by atoms with Gasteiger partial charge in [-0.05, 0) is 31.0 Å². The van der Waals surface area contributed by atoms with Crippen LogP contribution in [0.5, 0.6) is 0 Å². The molecule has 102 valence electrons. The van der Waals surface area contributed by atoms with Crippen LogP contribution in [-0.4, -0.2) is 22.2 Å². The van der Waals surface area contributed by atoms with Gasteiger partial charge in [-0.15, -0.1) is 0 Å². The number of aliphatic hydroxyl groups is 1. The molecule has 0 amide bonds. The van der Waals surface area contributed by atoms with Crippen molar-refractivity contribution in [3.05, 3.63) is 30.6 Å². The number of hydrogen-bond acceptors (Lipinski definition) is 4. The molecule has 0 saturated heterocycles. The summed E-state index contributed by atoms with van der Waals surface area (Å²) in [4.78, 5) is 4.10. The van der Waals surface area contributed by atoms with Crippen LogP contribution in [-0.2, 0) is 0 Å². The van der Waals surface area contributed by atoms with Crippen LogP contribution in [0.25, 0.3) is 10.8 Å². The SMILES string of the molecule is CCC(O)(CC)CNc1ccc(N)c2cnccc12. The molecule has 0 saturated carbocycles. The minimum absolute atomic E-state index is 0.529. The van der Waals surface area contributed by atoms with Gasteiger partial charge in [0.25, 0.3) is 0 Å². The van der Waals surface area contributed by atoms with Crippen molar-refractivity contribution < 1.29 is 5.11 Å². The summed E-state index contributed by atoms with van der Waals surface area (Å²) in [7, 11) is 0. The third-order valence-electron chi connectivity index (χ3n) is 3.78. The van der Waals surface area contributed by atoms with E-state index in [2.05, 4.69) is 10.3 Å². The summed E-state index contributed by atoms with van der Waals surface area (Å²) in [5.74, 6) is 0. The van der Waals surface area contributed by atoms with Crippen LogP contribution in [0, 0.1) is 0 Å². The Morgan fingerprint density at radius 2 is 1.95 bits per heavy atom. The van der Waals surface area contributed by atoms with Crippen LogP contribution < -0.4 is 11.1 Å². The number of rotatable bonds is 5. The van der Waals surface area contributed by atoms with E-state index >= 15 is 0 Å². The second-order valence-corrected chi connectivity index (χ2v) is 4.91. The number of benzene rings is 1. The highest BCUT2D eigenvalue weighted by Crippen LogP contribution is 2.28. The lowest BCUT2D eigenvalue weighted by Crippen LogP contribution is -2.35. The van der Waals surface area contributed by atoms with Crippen LogP contribution in [0.4, 0.5) is 11.4 Å². The average molecular weight is 259 g/mol. The molecule has 1 aromatic carbocycles. The zero-order chi connectivity index (χ0) is 13.9. The number of nitrogens with zero attached hydrogens (tertiary/aromatic N) is 1. The Hall–Kier alpha value is -1.81. The van der Waals surface area contributed by atoms with Crippen molar-refractivity contribution in [1.29, 1.82) is 0 Å². The van der Waals surface area contributed by atoms with E-state index in [4.69, 9.17) is 5.73 Å². The number of fused-ring (bicyclic) bond motifs is 1. The zero-order valence-electron chi connectivity index (χ0n) is 11.5. The van der Waals surface area contributed by atoms with Crippen molar-refractivity contribution >= 4 is 22.1 Å². The molecule has 4 nitrogen and oxygen atoms in total. The average Bonchev–Trinajstić information content (AvgIpc) is 2.46. The lowest BCUT2D eigenvalue weighted by molar-refractivity contribution is 0.0457. The molecule has 1 aromatic heterocycles. The summed E-state index contributed by atoms with van der Waals surface area (Å²) in [6.45, 7) is 4.52. The fourth-order valence-corrected chi connectivity index (χ4v) is 2.13. The summed E-state index contributed by atoms with van der Waals surface area (Å²) in [5.41, 5.74) is 6.97. The highest BCUT2D eigenvalue weighted by molar-refractivity contribution is 6.00. The van der Waals surface area contributed by atoms with Gasteiger partial charge in [0.05, 0.1) is 5.60 Å². The first-order chi connectivity index (χ1) is 9.09. The number of aromatic nitrogens is 1. The molecule has 0 spiro atoms. The molecule has 0 unspecified atom stereocenters. The van der Waals surface area contributed by atoms with Crippen LogP contribution in [0.15, 0.2) is 30.6 Å². The van der Waals surface area contributed by atoms with Crippen LogP contribution in [0.3, 0.4) is 0 Å². The van der Waals surface area contributed by atoms with Crippen molar-refractivity contribution in [2.45, 2.75) is 32.3 Å². The Kier molecular flexibility index (Phi) is 3.90. The highest BCUT2D eigenvalue weighted by atomic mass is 16.3. The van der Waals surface area contributed by atoms with Crippen LogP contribution in [0.2, 0.25) is 0 Å². The van der Waals surface area contributed by atoms with Crippen molar-refractivity contribution in [3.63, 3.8) is 0 Å². The Balaban J connectivity index is 2.29. The van der Waals surface area contributed by atoms with Gasteiger partial charge in [0, 0.05) is 41.1 Å². The molecule has 0 atom stereocenters. The molecule has 2 aromatic rings. The summed E-state index contributed by atoms with van der Waals surface area (Å²) >= 11 is 0. The minimum atomic E-state index is -0.666. The lowest BCUT2D eigenvalue weighted by Gasteiger charge is -2.26. The topological polar surface area (TPSA) is 71.2 Å².